The summed E-state index contributed by atoms with van der Waals surface area (Å²) in [7, 11) is 0. The highest BCUT2D eigenvalue weighted by molar-refractivity contribution is 5.87. The number of carbonyl (C=O) groups is 9. The standard InChI is InChI=1S/C54H96FN7O15/c1-41(56)52(70)61-44(51(55)69)20-18-19-29-57-48(65)39-76-36-35-75-33-31-59-49(66)40-77-37-34-74-32-30-58-47(64)28-27-45(54(72)73)62-53(71)43-25-23-42(24-26-43)38-60-46(63)21-16-14-12-10-8-6-4-2-3-5-7-9-11-13-15-17-22-50(67)68/h41-45H,2-40,56H2,1H3,(H,57,65)(H,58,64)(H,59,66)(H,60,63)(H,61,70)(H,62,71)(H,67,68)(H,72,73). The van der Waals surface area contributed by atoms with Gasteiger partial charge in [0, 0.05) is 51.4 Å². The Bertz CT molecular complexity index is 1670. The van der Waals surface area contributed by atoms with Gasteiger partial charge in [0.1, 0.15) is 25.3 Å². The van der Waals surface area contributed by atoms with E-state index in [1.165, 1.54) is 71.1 Å². The number of nitrogens with one attached hydrogen (secondary N) is 6. The quantitative estimate of drug-likeness (QED) is 0.0303. The second kappa shape index (κ2) is 47.2. The lowest BCUT2D eigenvalue weighted by molar-refractivity contribution is -0.143. The topological polar surface area (TPSA) is 329 Å². The Morgan fingerprint density at radius 2 is 0.948 bits per heavy atom. The molecule has 0 spiro atoms. The fourth-order valence-electron chi connectivity index (χ4n) is 8.57. The van der Waals surface area contributed by atoms with Gasteiger partial charge in [-0.05, 0) is 77.0 Å². The molecule has 3 atom stereocenters. The zero-order valence-corrected chi connectivity index (χ0v) is 46.1. The minimum atomic E-state index is -1.65. The zero-order chi connectivity index (χ0) is 56.7. The first-order valence-corrected chi connectivity index (χ1v) is 28.5. The Hall–Kier alpha value is -4.84. The van der Waals surface area contributed by atoms with Crippen LogP contribution in [0.25, 0.3) is 0 Å². The average molecular weight is 1100 g/mol. The van der Waals surface area contributed by atoms with E-state index in [9.17, 15) is 52.6 Å². The average Bonchev–Trinajstić information content (AvgIpc) is 3.39. The molecular weight excluding hydrogens is 1010 g/mol. The molecule has 444 valence electrons. The third-order valence-electron chi connectivity index (χ3n) is 13.2. The number of rotatable bonds is 51. The predicted molar refractivity (Wildman–Crippen MR) is 286 cm³/mol. The summed E-state index contributed by atoms with van der Waals surface area (Å²) in [6, 6.07) is -5.00. The van der Waals surface area contributed by atoms with Crippen LogP contribution in [0.1, 0.15) is 180 Å². The second-order valence-corrected chi connectivity index (χ2v) is 20.0. The van der Waals surface area contributed by atoms with Gasteiger partial charge in [0.25, 0.3) is 0 Å². The van der Waals surface area contributed by atoms with Crippen LogP contribution >= 0.6 is 0 Å². The fraction of sp³-hybridized carbons (Fsp3) is 0.833. The van der Waals surface area contributed by atoms with Crippen LogP contribution in [0.15, 0.2) is 0 Å². The van der Waals surface area contributed by atoms with Crippen LogP contribution in [0.2, 0.25) is 0 Å². The Balaban J connectivity index is 1.98. The van der Waals surface area contributed by atoms with E-state index in [2.05, 4.69) is 31.9 Å². The van der Waals surface area contributed by atoms with Crippen molar-refractivity contribution < 1.29 is 76.7 Å². The van der Waals surface area contributed by atoms with E-state index in [1.807, 2.05) is 0 Å². The van der Waals surface area contributed by atoms with Gasteiger partial charge in [0.2, 0.25) is 35.4 Å². The lowest BCUT2D eigenvalue weighted by Crippen LogP contribution is -2.46. The van der Waals surface area contributed by atoms with Crippen molar-refractivity contribution in [1.29, 1.82) is 0 Å². The maximum absolute atomic E-state index is 13.2. The Morgan fingerprint density at radius 3 is 1.43 bits per heavy atom. The van der Waals surface area contributed by atoms with Crippen LogP contribution < -0.4 is 37.6 Å². The van der Waals surface area contributed by atoms with Gasteiger partial charge in [0.15, 0.2) is 0 Å². The molecule has 0 bridgehead atoms. The maximum Gasteiger partial charge on any atom is 0.326 e. The number of hydrogen-bond acceptors (Lipinski definition) is 14. The normalized spacial score (nSPS) is 15.4. The van der Waals surface area contributed by atoms with E-state index in [0.717, 1.165) is 51.4 Å². The highest BCUT2D eigenvalue weighted by Crippen LogP contribution is 2.29. The third-order valence-corrected chi connectivity index (χ3v) is 13.2. The zero-order valence-electron chi connectivity index (χ0n) is 46.1. The summed E-state index contributed by atoms with van der Waals surface area (Å²) in [6.45, 7) is 3.25. The number of carbonyl (C=O) groups excluding carboxylic acids is 7. The molecule has 1 saturated carbocycles. The highest BCUT2D eigenvalue weighted by atomic mass is 19.1. The second-order valence-electron chi connectivity index (χ2n) is 20.0. The number of hydrogen-bond donors (Lipinski definition) is 9. The largest absolute Gasteiger partial charge is 0.481 e. The summed E-state index contributed by atoms with van der Waals surface area (Å²) in [5.41, 5.74) is 5.42. The van der Waals surface area contributed by atoms with Gasteiger partial charge in [0.05, 0.1) is 45.7 Å². The Labute approximate surface area is 455 Å². The molecule has 0 heterocycles. The molecule has 0 radical (unpaired) electrons. The number of halogens is 1. The number of amides is 6. The van der Waals surface area contributed by atoms with Crippen molar-refractivity contribution in [2.75, 3.05) is 79.0 Å². The Kier molecular flexibility index (Phi) is 43.0. The van der Waals surface area contributed by atoms with E-state index in [1.54, 1.807) is 0 Å². The van der Waals surface area contributed by atoms with E-state index >= 15 is 0 Å². The molecule has 0 aromatic rings. The molecular formula is C54H96FN7O15. The number of ether oxygens (including phenoxy) is 4. The van der Waals surface area contributed by atoms with Crippen molar-refractivity contribution in [2.24, 2.45) is 17.6 Å². The number of unbranched alkanes of at least 4 members (excludes halogenated alkanes) is 16. The van der Waals surface area contributed by atoms with Crippen molar-refractivity contribution in [3.63, 3.8) is 0 Å². The van der Waals surface area contributed by atoms with Crippen LogP contribution in [-0.4, -0.2) is 161 Å². The molecule has 0 aliphatic heterocycles. The van der Waals surface area contributed by atoms with Gasteiger partial charge in [-0.25, -0.2) is 4.79 Å². The summed E-state index contributed by atoms with van der Waals surface area (Å²) >= 11 is 0. The number of carboxylic acid groups (broad SMARTS) is 2. The monoisotopic (exact) mass is 1100 g/mol. The van der Waals surface area contributed by atoms with Gasteiger partial charge in [-0.1, -0.05) is 89.9 Å². The number of carboxylic acids is 2. The van der Waals surface area contributed by atoms with Crippen LogP contribution in [-0.2, 0) is 62.1 Å². The first-order chi connectivity index (χ1) is 37.1. The van der Waals surface area contributed by atoms with Gasteiger partial charge in [-0.3, -0.25) is 38.4 Å². The molecule has 1 aliphatic rings. The minimum Gasteiger partial charge on any atom is -0.481 e. The van der Waals surface area contributed by atoms with Crippen molar-refractivity contribution >= 4 is 53.4 Å². The van der Waals surface area contributed by atoms with Crippen molar-refractivity contribution in [1.82, 2.24) is 31.9 Å². The highest BCUT2D eigenvalue weighted by Gasteiger charge is 2.30. The molecule has 22 nitrogen and oxygen atoms in total. The number of nitrogens with two attached hydrogens (primary N) is 1. The van der Waals surface area contributed by atoms with Crippen molar-refractivity contribution in [3.05, 3.63) is 0 Å². The summed E-state index contributed by atoms with van der Waals surface area (Å²) in [4.78, 5) is 107. The Morgan fingerprint density at radius 1 is 0.494 bits per heavy atom. The molecule has 1 aliphatic carbocycles. The molecule has 10 N–H and O–H groups in total. The van der Waals surface area contributed by atoms with Crippen molar-refractivity contribution in [3.8, 4) is 0 Å². The van der Waals surface area contributed by atoms with Crippen LogP contribution in [0.5, 0.6) is 0 Å². The third kappa shape index (κ3) is 41.9. The van der Waals surface area contributed by atoms with Crippen LogP contribution in [0.3, 0.4) is 0 Å². The summed E-state index contributed by atoms with van der Waals surface area (Å²) in [5.74, 6) is -3.98. The van der Waals surface area contributed by atoms with Gasteiger partial charge in [-0.2, -0.15) is 4.39 Å². The molecule has 0 aromatic carbocycles. The van der Waals surface area contributed by atoms with Gasteiger partial charge >= 0.3 is 18.0 Å². The SMILES string of the molecule is CC(N)C(=O)NC(CCCCNC(=O)COCCOCCNC(=O)COCCOCCNC(=O)CCC(NC(=O)C1CCC(CNC(=O)CCCCCCCCCCCCCCCCCCC(=O)O)CC1)C(=O)O)C(=O)F. The lowest BCUT2D eigenvalue weighted by atomic mass is 9.81. The smallest absolute Gasteiger partial charge is 0.326 e. The maximum atomic E-state index is 13.2. The molecule has 77 heavy (non-hydrogen) atoms. The lowest BCUT2D eigenvalue weighted by Gasteiger charge is -2.28. The first-order valence-electron chi connectivity index (χ1n) is 28.5. The molecule has 0 saturated heterocycles. The molecule has 23 heteroatoms. The van der Waals surface area contributed by atoms with E-state index in [0.29, 0.717) is 38.6 Å². The predicted octanol–water partition coefficient (Wildman–Crippen LogP) is 4.28. The molecule has 6 amide bonds. The van der Waals surface area contributed by atoms with Gasteiger partial charge in [-0.15, -0.1) is 0 Å². The van der Waals surface area contributed by atoms with Crippen LogP contribution in [0, 0.1) is 11.8 Å². The number of aliphatic carboxylic acids is 2. The first kappa shape index (κ1) is 70.2. The van der Waals surface area contributed by atoms with E-state index in [-0.39, 0.29) is 140 Å². The van der Waals surface area contributed by atoms with Crippen molar-refractivity contribution in [2.45, 2.75) is 198 Å². The van der Waals surface area contributed by atoms with E-state index < -0.39 is 42.0 Å². The molecule has 1 rings (SSSR count). The minimum absolute atomic E-state index is 0.0602. The fourth-order valence-corrected chi connectivity index (χ4v) is 8.57. The summed E-state index contributed by atoms with van der Waals surface area (Å²) in [6.07, 6.45) is 22.9. The summed E-state index contributed by atoms with van der Waals surface area (Å²) in [5, 5.41) is 34.3. The van der Waals surface area contributed by atoms with Crippen LogP contribution in [0.4, 0.5) is 4.39 Å². The summed E-state index contributed by atoms with van der Waals surface area (Å²) < 4.78 is 34.5. The van der Waals surface area contributed by atoms with Gasteiger partial charge < -0.3 is 66.8 Å². The molecule has 1 fully saturated rings. The van der Waals surface area contributed by atoms with E-state index in [4.69, 9.17) is 29.8 Å². The molecule has 3 unspecified atom stereocenters. The molecule has 0 aromatic heterocycles.